The highest BCUT2D eigenvalue weighted by molar-refractivity contribution is 9.10. The Hall–Kier alpha value is -2.11. The predicted octanol–water partition coefficient (Wildman–Crippen LogP) is 4.83. The van der Waals surface area contributed by atoms with Crippen LogP contribution in [0.1, 0.15) is 16.5 Å². The molecule has 24 heavy (non-hydrogen) atoms. The smallest absolute Gasteiger partial charge is 0.240 e. The molecule has 1 unspecified atom stereocenters. The predicted molar refractivity (Wildman–Crippen MR) is 103 cm³/mol. The van der Waals surface area contributed by atoms with Gasteiger partial charge in [0, 0.05) is 15.0 Å². The lowest BCUT2D eigenvalue weighted by Crippen LogP contribution is -2.33. The van der Waals surface area contributed by atoms with Gasteiger partial charge in [-0.05, 0) is 45.1 Å². The maximum Gasteiger partial charge on any atom is 0.240 e. The van der Waals surface area contributed by atoms with Crippen molar-refractivity contribution in [2.45, 2.75) is 6.04 Å². The number of hydrogen-bond donors (Lipinski definition) is 2. The van der Waals surface area contributed by atoms with Gasteiger partial charge in [0.1, 0.15) is 0 Å². The van der Waals surface area contributed by atoms with E-state index in [-0.39, 0.29) is 18.5 Å². The number of halogens is 1. The number of hydrogen-bond acceptors (Lipinski definition) is 3. The van der Waals surface area contributed by atoms with Gasteiger partial charge in [0.15, 0.2) is 0 Å². The van der Waals surface area contributed by atoms with Gasteiger partial charge in [-0.1, -0.05) is 48.5 Å². The second kappa shape index (κ2) is 8.13. The van der Waals surface area contributed by atoms with Crippen LogP contribution in [0.5, 0.6) is 0 Å². The standard InChI is InChI=1S/C19H17BrN2OS/c20-15-9-4-5-10-16(15)21-13-18(23)22-19(17-11-6-12-24-17)14-7-2-1-3-8-14/h1-12,19,21H,13H2,(H,22,23). The summed E-state index contributed by atoms with van der Waals surface area (Å²) in [4.78, 5) is 13.5. The summed E-state index contributed by atoms with van der Waals surface area (Å²) in [7, 11) is 0. The van der Waals surface area contributed by atoms with E-state index in [4.69, 9.17) is 0 Å². The lowest BCUT2D eigenvalue weighted by molar-refractivity contribution is -0.119. The SMILES string of the molecule is O=C(CNc1ccccc1Br)NC(c1ccccc1)c1cccs1. The number of rotatable bonds is 6. The number of thiophene rings is 1. The van der Waals surface area contributed by atoms with Crippen molar-refractivity contribution < 1.29 is 4.79 Å². The first-order valence-electron chi connectivity index (χ1n) is 7.60. The molecule has 3 rings (SSSR count). The quantitative estimate of drug-likeness (QED) is 0.621. The van der Waals surface area contributed by atoms with Gasteiger partial charge in [-0.2, -0.15) is 0 Å². The third-order valence-electron chi connectivity index (χ3n) is 3.58. The van der Waals surface area contributed by atoms with Gasteiger partial charge in [0.2, 0.25) is 5.91 Å². The Balaban J connectivity index is 1.69. The highest BCUT2D eigenvalue weighted by Crippen LogP contribution is 2.26. The second-order valence-corrected chi connectivity index (χ2v) is 7.09. The van der Waals surface area contributed by atoms with E-state index in [2.05, 4.69) is 26.6 Å². The average Bonchev–Trinajstić information content (AvgIpc) is 3.14. The average molecular weight is 401 g/mol. The van der Waals surface area contributed by atoms with E-state index in [0.717, 1.165) is 20.6 Å². The van der Waals surface area contributed by atoms with Crippen LogP contribution in [0.3, 0.4) is 0 Å². The Labute approximate surface area is 153 Å². The van der Waals surface area contributed by atoms with Gasteiger partial charge in [0.25, 0.3) is 0 Å². The van der Waals surface area contributed by atoms with Crippen LogP contribution >= 0.6 is 27.3 Å². The largest absolute Gasteiger partial charge is 0.375 e. The molecule has 1 amide bonds. The number of carbonyl (C=O) groups is 1. The number of carbonyl (C=O) groups excluding carboxylic acids is 1. The minimum Gasteiger partial charge on any atom is -0.375 e. The molecule has 122 valence electrons. The fourth-order valence-corrected chi connectivity index (χ4v) is 3.64. The molecule has 2 N–H and O–H groups in total. The Bertz CT molecular complexity index is 790. The van der Waals surface area contributed by atoms with Crippen molar-refractivity contribution in [3.05, 3.63) is 87.0 Å². The molecule has 0 aliphatic rings. The summed E-state index contributed by atoms with van der Waals surface area (Å²) in [5.41, 5.74) is 1.98. The zero-order valence-electron chi connectivity index (χ0n) is 12.9. The minimum absolute atomic E-state index is 0.0481. The Morgan fingerprint density at radius 1 is 1.00 bits per heavy atom. The number of amides is 1. The van der Waals surface area contributed by atoms with Crippen LogP contribution in [-0.4, -0.2) is 12.5 Å². The summed E-state index contributed by atoms with van der Waals surface area (Å²) in [5.74, 6) is -0.0481. The van der Waals surface area contributed by atoms with Crippen LogP contribution < -0.4 is 10.6 Å². The Kier molecular flexibility index (Phi) is 5.67. The second-order valence-electron chi connectivity index (χ2n) is 5.26. The molecule has 0 spiro atoms. The van der Waals surface area contributed by atoms with Gasteiger partial charge >= 0.3 is 0 Å². The Morgan fingerprint density at radius 2 is 1.75 bits per heavy atom. The van der Waals surface area contributed by atoms with Gasteiger partial charge in [-0.25, -0.2) is 0 Å². The van der Waals surface area contributed by atoms with Crippen LogP contribution in [0.15, 0.2) is 76.6 Å². The first-order valence-corrected chi connectivity index (χ1v) is 9.27. The van der Waals surface area contributed by atoms with E-state index in [1.165, 1.54) is 0 Å². The molecule has 0 saturated heterocycles. The zero-order valence-corrected chi connectivity index (χ0v) is 15.3. The third kappa shape index (κ3) is 4.24. The van der Waals surface area contributed by atoms with Gasteiger partial charge in [-0.3, -0.25) is 4.79 Å². The maximum atomic E-state index is 12.4. The fourth-order valence-electron chi connectivity index (χ4n) is 2.41. The first-order chi connectivity index (χ1) is 11.7. The molecular formula is C19H17BrN2OS. The number of anilines is 1. The monoisotopic (exact) mass is 400 g/mol. The molecule has 1 aromatic heterocycles. The number of nitrogens with one attached hydrogen (secondary N) is 2. The van der Waals surface area contributed by atoms with Crippen molar-refractivity contribution in [1.29, 1.82) is 0 Å². The molecule has 0 bridgehead atoms. The molecule has 0 aliphatic carbocycles. The number of benzene rings is 2. The minimum atomic E-state index is -0.125. The van der Waals surface area contributed by atoms with Crippen LogP contribution in [0, 0.1) is 0 Å². The molecule has 3 aromatic rings. The molecule has 1 heterocycles. The summed E-state index contributed by atoms with van der Waals surface area (Å²) in [5, 5.41) is 8.30. The molecule has 3 nitrogen and oxygen atoms in total. The van der Waals surface area contributed by atoms with E-state index in [9.17, 15) is 4.79 Å². The highest BCUT2D eigenvalue weighted by Gasteiger charge is 2.17. The number of para-hydroxylation sites is 1. The van der Waals surface area contributed by atoms with Crippen molar-refractivity contribution in [1.82, 2.24) is 5.32 Å². The molecule has 0 aliphatic heterocycles. The van der Waals surface area contributed by atoms with Crippen molar-refractivity contribution in [2.75, 3.05) is 11.9 Å². The van der Waals surface area contributed by atoms with Gasteiger partial charge in [-0.15, -0.1) is 11.3 Å². The molecule has 1 atom stereocenters. The molecule has 0 saturated carbocycles. The van der Waals surface area contributed by atoms with E-state index in [1.54, 1.807) is 11.3 Å². The summed E-state index contributed by atoms with van der Waals surface area (Å²) >= 11 is 5.12. The molecular weight excluding hydrogens is 384 g/mol. The van der Waals surface area contributed by atoms with Crippen molar-refractivity contribution >= 4 is 38.9 Å². The van der Waals surface area contributed by atoms with E-state index >= 15 is 0 Å². The van der Waals surface area contributed by atoms with Crippen LogP contribution in [0.2, 0.25) is 0 Å². The van der Waals surface area contributed by atoms with Gasteiger partial charge in [0.05, 0.1) is 12.6 Å². The molecule has 5 heteroatoms. The van der Waals surface area contributed by atoms with E-state index in [0.29, 0.717) is 0 Å². The molecule has 0 radical (unpaired) electrons. The van der Waals surface area contributed by atoms with Crippen LogP contribution in [-0.2, 0) is 4.79 Å². The first kappa shape index (κ1) is 16.7. The summed E-state index contributed by atoms with van der Waals surface area (Å²) in [6.45, 7) is 0.220. The summed E-state index contributed by atoms with van der Waals surface area (Å²) in [6, 6.07) is 21.7. The topological polar surface area (TPSA) is 41.1 Å². The fraction of sp³-hybridized carbons (Fsp3) is 0.105. The summed E-state index contributed by atoms with van der Waals surface area (Å²) < 4.78 is 0.940. The molecule has 2 aromatic carbocycles. The Morgan fingerprint density at radius 3 is 2.46 bits per heavy atom. The maximum absolute atomic E-state index is 12.4. The zero-order chi connectivity index (χ0) is 16.8. The van der Waals surface area contributed by atoms with Crippen molar-refractivity contribution in [3.8, 4) is 0 Å². The van der Waals surface area contributed by atoms with Crippen LogP contribution in [0.4, 0.5) is 5.69 Å². The van der Waals surface area contributed by atoms with Gasteiger partial charge < -0.3 is 10.6 Å². The summed E-state index contributed by atoms with van der Waals surface area (Å²) in [6.07, 6.45) is 0. The third-order valence-corrected chi connectivity index (χ3v) is 5.21. The van der Waals surface area contributed by atoms with Crippen LogP contribution in [0.25, 0.3) is 0 Å². The van der Waals surface area contributed by atoms with E-state index < -0.39 is 0 Å². The normalized spacial score (nSPS) is 11.7. The van der Waals surface area contributed by atoms with Crippen molar-refractivity contribution in [3.63, 3.8) is 0 Å². The van der Waals surface area contributed by atoms with E-state index in [1.807, 2.05) is 72.1 Å². The highest BCUT2D eigenvalue weighted by atomic mass is 79.9. The lowest BCUT2D eigenvalue weighted by Gasteiger charge is -2.18. The molecule has 0 fully saturated rings. The lowest BCUT2D eigenvalue weighted by atomic mass is 10.1. The van der Waals surface area contributed by atoms with Crippen molar-refractivity contribution in [2.24, 2.45) is 0 Å².